The number of carbonyl (C=O) groups is 1. The molecule has 1 aromatic heterocycles. The molecule has 0 fully saturated rings. The summed E-state index contributed by atoms with van der Waals surface area (Å²) in [4.78, 5) is 29.4. The van der Waals surface area contributed by atoms with E-state index in [1.54, 1.807) is 12.1 Å². The van der Waals surface area contributed by atoms with Gasteiger partial charge in [0.05, 0.1) is 0 Å². The molecule has 0 bridgehead atoms. The zero-order valence-corrected chi connectivity index (χ0v) is 17.7. The van der Waals surface area contributed by atoms with Crippen LogP contribution in [0.5, 0.6) is 0 Å². The van der Waals surface area contributed by atoms with E-state index in [4.69, 9.17) is 0 Å². The van der Waals surface area contributed by atoms with Crippen LogP contribution in [0, 0.1) is 5.82 Å². The second-order valence-corrected chi connectivity index (χ2v) is 8.33. The highest BCUT2D eigenvalue weighted by molar-refractivity contribution is 7.98. The maximum atomic E-state index is 13.1. The van der Waals surface area contributed by atoms with Crippen LogP contribution in [-0.2, 0) is 29.9 Å². The monoisotopic (exact) mass is 417 g/mol. The van der Waals surface area contributed by atoms with Gasteiger partial charge in [0, 0.05) is 23.6 Å². The standard InChI is InChI=1S/C22H28FN3O2S/c1-2-3-6-13-24-20(27)14-26-19-8-5-4-7-18(19)21(28)25-22(26)29-15-16-9-11-17(23)12-10-16/h9-12H,2-8,13-15H2,1H3,(H,24,27). The molecular formula is C22H28FN3O2S. The van der Waals surface area contributed by atoms with Crippen molar-refractivity contribution in [3.8, 4) is 0 Å². The Bertz CT molecular complexity index is 896. The smallest absolute Gasteiger partial charge is 0.277 e. The topological polar surface area (TPSA) is 64.0 Å². The van der Waals surface area contributed by atoms with E-state index >= 15 is 0 Å². The van der Waals surface area contributed by atoms with E-state index < -0.39 is 0 Å². The van der Waals surface area contributed by atoms with Crippen molar-refractivity contribution < 1.29 is 9.18 Å². The minimum absolute atomic E-state index is 0.0528. The fourth-order valence-corrected chi connectivity index (χ4v) is 4.52. The average molecular weight is 418 g/mol. The summed E-state index contributed by atoms with van der Waals surface area (Å²) in [6.07, 6.45) is 6.68. The van der Waals surface area contributed by atoms with Crippen LogP contribution in [0.15, 0.2) is 34.2 Å². The molecule has 156 valence electrons. The number of hydrogen-bond acceptors (Lipinski definition) is 4. The first-order valence-corrected chi connectivity index (χ1v) is 11.3. The molecule has 1 amide bonds. The lowest BCUT2D eigenvalue weighted by molar-refractivity contribution is -0.121. The Kier molecular flexibility index (Phi) is 7.86. The molecule has 1 aliphatic carbocycles. The SMILES string of the molecule is CCCCCNC(=O)Cn1c(SCc2ccc(F)cc2)nc(=O)c2c1CCCC2. The van der Waals surface area contributed by atoms with Gasteiger partial charge in [0.25, 0.3) is 5.56 Å². The summed E-state index contributed by atoms with van der Waals surface area (Å²) in [6, 6.07) is 6.30. The van der Waals surface area contributed by atoms with E-state index in [1.807, 2.05) is 4.57 Å². The lowest BCUT2D eigenvalue weighted by Gasteiger charge is -2.23. The zero-order valence-electron chi connectivity index (χ0n) is 16.9. The first kappa shape index (κ1) is 21.6. The van der Waals surface area contributed by atoms with Crippen molar-refractivity contribution in [3.63, 3.8) is 0 Å². The number of amides is 1. The molecule has 0 spiro atoms. The van der Waals surface area contributed by atoms with Gasteiger partial charge in [-0.1, -0.05) is 43.7 Å². The summed E-state index contributed by atoms with van der Waals surface area (Å²) in [6.45, 7) is 2.97. The molecule has 0 aliphatic heterocycles. The fourth-order valence-electron chi connectivity index (χ4n) is 3.55. The highest BCUT2D eigenvalue weighted by Gasteiger charge is 2.21. The van der Waals surface area contributed by atoms with Crippen molar-refractivity contribution in [2.75, 3.05) is 6.54 Å². The highest BCUT2D eigenvalue weighted by Crippen LogP contribution is 2.26. The van der Waals surface area contributed by atoms with Crippen LogP contribution in [0.1, 0.15) is 55.8 Å². The van der Waals surface area contributed by atoms with E-state index in [9.17, 15) is 14.0 Å². The minimum atomic E-state index is -0.276. The van der Waals surface area contributed by atoms with Gasteiger partial charge in [0.15, 0.2) is 5.16 Å². The molecule has 1 aromatic carbocycles. The molecule has 0 unspecified atom stereocenters. The van der Waals surface area contributed by atoms with E-state index in [0.29, 0.717) is 17.5 Å². The van der Waals surface area contributed by atoms with Crippen LogP contribution in [0.3, 0.4) is 0 Å². The summed E-state index contributed by atoms with van der Waals surface area (Å²) >= 11 is 1.42. The lowest BCUT2D eigenvalue weighted by atomic mass is 9.97. The van der Waals surface area contributed by atoms with Crippen LogP contribution >= 0.6 is 11.8 Å². The number of rotatable bonds is 9. The number of unbranched alkanes of at least 4 members (excludes halogenated alkanes) is 2. The molecule has 0 radical (unpaired) electrons. The van der Waals surface area contributed by atoms with Crippen molar-refractivity contribution in [2.24, 2.45) is 0 Å². The third-order valence-electron chi connectivity index (χ3n) is 5.14. The Labute approximate surface area is 175 Å². The number of halogens is 1. The number of benzene rings is 1. The summed E-state index contributed by atoms with van der Waals surface area (Å²) in [5.41, 5.74) is 2.46. The van der Waals surface area contributed by atoms with E-state index in [1.165, 1.54) is 23.9 Å². The predicted octanol–water partition coefficient (Wildman–Crippen LogP) is 3.86. The molecule has 3 rings (SSSR count). The van der Waals surface area contributed by atoms with Crippen LogP contribution in [0.2, 0.25) is 0 Å². The van der Waals surface area contributed by atoms with Gasteiger partial charge in [0.2, 0.25) is 5.91 Å². The molecule has 2 aromatic rings. The van der Waals surface area contributed by atoms with Gasteiger partial charge in [-0.25, -0.2) is 4.39 Å². The minimum Gasteiger partial charge on any atom is -0.355 e. The van der Waals surface area contributed by atoms with Crippen LogP contribution in [0.25, 0.3) is 0 Å². The number of carbonyl (C=O) groups excluding carboxylic acids is 1. The van der Waals surface area contributed by atoms with Crippen LogP contribution in [-0.4, -0.2) is 22.0 Å². The molecular weight excluding hydrogens is 389 g/mol. The number of aromatic nitrogens is 2. The number of hydrogen-bond donors (Lipinski definition) is 1. The first-order chi connectivity index (χ1) is 14.1. The van der Waals surface area contributed by atoms with Crippen molar-refractivity contribution >= 4 is 17.7 Å². The highest BCUT2D eigenvalue weighted by atomic mass is 32.2. The molecule has 1 N–H and O–H groups in total. The van der Waals surface area contributed by atoms with Gasteiger partial charge in [-0.05, 0) is 49.8 Å². The molecule has 7 heteroatoms. The predicted molar refractivity (Wildman–Crippen MR) is 114 cm³/mol. The van der Waals surface area contributed by atoms with Gasteiger partial charge in [0.1, 0.15) is 12.4 Å². The van der Waals surface area contributed by atoms with Gasteiger partial charge < -0.3 is 9.88 Å². The molecule has 0 atom stereocenters. The van der Waals surface area contributed by atoms with Gasteiger partial charge >= 0.3 is 0 Å². The second-order valence-electron chi connectivity index (χ2n) is 7.39. The third-order valence-corrected chi connectivity index (χ3v) is 6.18. The summed E-state index contributed by atoms with van der Waals surface area (Å²) in [5, 5.41) is 3.54. The largest absolute Gasteiger partial charge is 0.355 e. The second kappa shape index (κ2) is 10.6. The van der Waals surface area contributed by atoms with Gasteiger partial charge in [-0.15, -0.1) is 0 Å². The summed E-state index contributed by atoms with van der Waals surface area (Å²) in [5.74, 6) is 0.231. The zero-order chi connectivity index (χ0) is 20.6. The fraction of sp³-hybridized carbons (Fsp3) is 0.500. The van der Waals surface area contributed by atoms with Crippen molar-refractivity contribution in [2.45, 2.75) is 69.3 Å². The molecule has 1 heterocycles. The Morgan fingerprint density at radius 2 is 1.97 bits per heavy atom. The molecule has 29 heavy (non-hydrogen) atoms. The van der Waals surface area contributed by atoms with E-state index in [2.05, 4.69) is 17.2 Å². The summed E-state index contributed by atoms with van der Waals surface area (Å²) < 4.78 is 15.1. The van der Waals surface area contributed by atoms with Crippen molar-refractivity contribution in [1.82, 2.24) is 14.9 Å². The maximum Gasteiger partial charge on any atom is 0.277 e. The Morgan fingerprint density at radius 3 is 2.72 bits per heavy atom. The summed E-state index contributed by atoms with van der Waals surface area (Å²) in [7, 11) is 0. The Balaban J connectivity index is 1.80. The van der Waals surface area contributed by atoms with Crippen LogP contribution in [0.4, 0.5) is 4.39 Å². The maximum absolute atomic E-state index is 13.1. The van der Waals surface area contributed by atoms with Crippen molar-refractivity contribution in [3.05, 3.63) is 57.3 Å². The molecule has 5 nitrogen and oxygen atoms in total. The van der Waals surface area contributed by atoms with E-state index in [-0.39, 0.29) is 23.8 Å². The first-order valence-electron chi connectivity index (χ1n) is 10.3. The Morgan fingerprint density at radius 1 is 1.21 bits per heavy atom. The molecule has 0 saturated carbocycles. The molecule has 1 aliphatic rings. The average Bonchev–Trinajstić information content (AvgIpc) is 2.73. The lowest BCUT2D eigenvalue weighted by Crippen LogP contribution is -2.33. The molecule has 0 saturated heterocycles. The normalized spacial score (nSPS) is 13.2. The number of nitrogens with one attached hydrogen (secondary N) is 1. The van der Waals surface area contributed by atoms with E-state index in [0.717, 1.165) is 61.8 Å². The van der Waals surface area contributed by atoms with Crippen molar-refractivity contribution in [1.29, 1.82) is 0 Å². The number of fused-ring (bicyclic) bond motifs is 1. The number of nitrogens with zero attached hydrogens (tertiary/aromatic N) is 2. The van der Waals surface area contributed by atoms with Gasteiger partial charge in [-0.2, -0.15) is 4.98 Å². The third kappa shape index (κ3) is 5.92. The van der Waals surface area contributed by atoms with Gasteiger partial charge in [-0.3, -0.25) is 9.59 Å². The number of thioether (sulfide) groups is 1. The van der Waals surface area contributed by atoms with Crippen LogP contribution < -0.4 is 10.9 Å². The quantitative estimate of drug-likeness (QED) is 0.382. The Hall–Kier alpha value is -2.15.